The van der Waals surface area contributed by atoms with Crippen molar-refractivity contribution in [2.45, 2.75) is 32.2 Å². The number of hydrogen-bond acceptors (Lipinski definition) is 2. The average Bonchev–Trinajstić information content (AvgIpc) is 3.19. The van der Waals surface area contributed by atoms with Crippen molar-refractivity contribution in [3.63, 3.8) is 0 Å². The molecule has 20 heavy (non-hydrogen) atoms. The molecule has 0 saturated heterocycles. The normalized spacial score (nSPS) is 13.9. The number of carboxylic acid groups (broad SMARTS) is 1. The summed E-state index contributed by atoms with van der Waals surface area (Å²) in [5.74, 6) is -1.15. The third-order valence-electron chi connectivity index (χ3n) is 3.18. The number of nitrogens with one attached hydrogen (secondary N) is 1. The van der Waals surface area contributed by atoms with E-state index in [4.69, 9.17) is 11.6 Å². The Balaban J connectivity index is 2.18. The summed E-state index contributed by atoms with van der Waals surface area (Å²) in [6.07, 6.45) is 2.88. The van der Waals surface area contributed by atoms with Crippen molar-refractivity contribution in [3.05, 3.63) is 28.8 Å². The van der Waals surface area contributed by atoms with E-state index in [1.165, 1.54) is 6.07 Å². The molecule has 1 aliphatic rings. The van der Waals surface area contributed by atoms with Crippen molar-refractivity contribution in [3.8, 4) is 0 Å². The zero-order valence-electron chi connectivity index (χ0n) is 11.2. The molecule has 0 atom stereocenters. The largest absolute Gasteiger partial charge is 0.478 e. The van der Waals surface area contributed by atoms with Crippen LogP contribution < -0.4 is 5.32 Å². The van der Waals surface area contributed by atoms with Crippen LogP contribution in [0.3, 0.4) is 0 Å². The lowest BCUT2D eigenvalue weighted by molar-refractivity contribution is 0.0698. The highest BCUT2D eigenvalue weighted by Gasteiger charge is 2.32. The molecule has 1 fully saturated rings. The fourth-order valence-corrected chi connectivity index (χ4v) is 2.37. The van der Waals surface area contributed by atoms with Gasteiger partial charge in [0.2, 0.25) is 0 Å². The number of aromatic carboxylic acids is 1. The number of nitrogens with zero attached hydrogens (tertiary/aromatic N) is 1. The van der Waals surface area contributed by atoms with Gasteiger partial charge in [-0.3, -0.25) is 0 Å². The molecule has 0 spiro atoms. The predicted octanol–water partition coefficient (Wildman–Crippen LogP) is 3.44. The minimum absolute atomic E-state index is 0.0743. The minimum atomic E-state index is -1.15. The Labute approximate surface area is 122 Å². The van der Waals surface area contributed by atoms with Gasteiger partial charge in [0, 0.05) is 12.6 Å². The summed E-state index contributed by atoms with van der Waals surface area (Å²) in [4.78, 5) is 25.2. The van der Waals surface area contributed by atoms with Gasteiger partial charge < -0.3 is 15.3 Å². The summed E-state index contributed by atoms with van der Waals surface area (Å²) in [5.41, 5.74) is 0.159. The SMILES string of the molecule is CCCN(C(=O)Nc1cccc(Cl)c1C(=O)O)C1CC1. The van der Waals surface area contributed by atoms with Gasteiger partial charge in [-0.2, -0.15) is 0 Å². The van der Waals surface area contributed by atoms with Crippen molar-refractivity contribution in [2.24, 2.45) is 0 Å². The van der Waals surface area contributed by atoms with Gasteiger partial charge in [0.1, 0.15) is 5.56 Å². The summed E-state index contributed by atoms with van der Waals surface area (Å²) >= 11 is 5.88. The number of carbonyl (C=O) groups excluding carboxylic acids is 1. The first kappa shape index (κ1) is 14.7. The van der Waals surface area contributed by atoms with Crippen LogP contribution >= 0.6 is 11.6 Å². The quantitative estimate of drug-likeness (QED) is 0.874. The van der Waals surface area contributed by atoms with E-state index in [9.17, 15) is 14.7 Å². The Hall–Kier alpha value is -1.75. The number of carbonyl (C=O) groups is 2. The molecule has 1 saturated carbocycles. The number of urea groups is 1. The van der Waals surface area contributed by atoms with Crippen LogP contribution in [-0.4, -0.2) is 34.6 Å². The highest BCUT2D eigenvalue weighted by molar-refractivity contribution is 6.34. The van der Waals surface area contributed by atoms with Gasteiger partial charge in [0.05, 0.1) is 10.7 Å². The first-order valence-corrected chi connectivity index (χ1v) is 7.01. The molecule has 2 amide bonds. The Bertz CT molecular complexity index is 529. The summed E-state index contributed by atoms with van der Waals surface area (Å²) in [6.45, 7) is 2.67. The topological polar surface area (TPSA) is 69.6 Å². The number of rotatable bonds is 5. The van der Waals surface area contributed by atoms with E-state index in [1.807, 2.05) is 6.92 Å². The van der Waals surface area contributed by atoms with Crippen molar-refractivity contribution in [2.75, 3.05) is 11.9 Å². The van der Waals surface area contributed by atoms with Gasteiger partial charge in [-0.1, -0.05) is 24.6 Å². The molecule has 108 valence electrons. The third-order valence-corrected chi connectivity index (χ3v) is 3.50. The van der Waals surface area contributed by atoms with E-state index < -0.39 is 5.97 Å². The zero-order valence-corrected chi connectivity index (χ0v) is 12.0. The molecule has 0 aliphatic heterocycles. The van der Waals surface area contributed by atoms with Crippen molar-refractivity contribution in [1.29, 1.82) is 0 Å². The molecule has 1 aromatic rings. The maximum absolute atomic E-state index is 12.2. The first-order chi connectivity index (χ1) is 9.54. The molecule has 6 heteroatoms. The molecule has 1 aromatic carbocycles. The number of carboxylic acids is 1. The standard InChI is InChI=1S/C14H17ClN2O3/c1-2-8-17(9-6-7-9)14(20)16-11-5-3-4-10(15)12(11)13(18)19/h3-5,9H,2,6-8H2,1H3,(H,16,20)(H,18,19). The number of hydrogen-bond donors (Lipinski definition) is 2. The maximum atomic E-state index is 12.2. The second kappa shape index (κ2) is 6.13. The molecule has 0 unspecified atom stereocenters. The number of amides is 2. The molecule has 0 radical (unpaired) electrons. The Morgan fingerprint density at radius 3 is 2.70 bits per heavy atom. The molecule has 0 heterocycles. The summed E-state index contributed by atoms with van der Waals surface area (Å²) in [5, 5.41) is 11.9. The van der Waals surface area contributed by atoms with Crippen LogP contribution in [0.1, 0.15) is 36.5 Å². The second-order valence-electron chi connectivity index (χ2n) is 4.82. The number of halogens is 1. The summed E-state index contributed by atoms with van der Waals surface area (Å²) in [7, 11) is 0. The fourth-order valence-electron chi connectivity index (χ4n) is 2.11. The third kappa shape index (κ3) is 3.22. The number of benzene rings is 1. The molecule has 2 N–H and O–H groups in total. The first-order valence-electron chi connectivity index (χ1n) is 6.64. The van der Waals surface area contributed by atoms with Crippen LogP contribution in [-0.2, 0) is 0 Å². The molecule has 0 bridgehead atoms. The van der Waals surface area contributed by atoms with E-state index in [2.05, 4.69) is 5.32 Å². The predicted molar refractivity (Wildman–Crippen MR) is 77.4 cm³/mol. The highest BCUT2D eigenvalue weighted by atomic mass is 35.5. The van der Waals surface area contributed by atoms with Crippen LogP contribution in [0.5, 0.6) is 0 Å². The zero-order chi connectivity index (χ0) is 14.7. The van der Waals surface area contributed by atoms with Crippen LogP contribution in [0.2, 0.25) is 5.02 Å². The minimum Gasteiger partial charge on any atom is -0.478 e. The average molecular weight is 297 g/mol. The van der Waals surface area contributed by atoms with Gasteiger partial charge in [-0.25, -0.2) is 9.59 Å². The molecule has 5 nitrogen and oxygen atoms in total. The van der Waals surface area contributed by atoms with Crippen LogP contribution in [0.4, 0.5) is 10.5 Å². The Kier molecular flexibility index (Phi) is 4.49. The van der Waals surface area contributed by atoms with Crippen molar-refractivity contribution in [1.82, 2.24) is 4.90 Å². The van der Waals surface area contributed by atoms with Gasteiger partial charge in [-0.05, 0) is 31.4 Å². The lowest BCUT2D eigenvalue weighted by Gasteiger charge is -2.22. The smallest absolute Gasteiger partial charge is 0.339 e. The Morgan fingerprint density at radius 1 is 1.45 bits per heavy atom. The monoisotopic (exact) mass is 296 g/mol. The van der Waals surface area contributed by atoms with Crippen molar-refractivity contribution >= 4 is 29.3 Å². The lowest BCUT2D eigenvalue weighted by atomic mass is 10.2. The second-order valence-corrected chi connectivity index (χ2v) is 5.23. The molecular weight excluding hydrogens is 280 g/mol. The van der Waals surface area contributed by atoms with E-state index in [0.717, 1.165) is 19.3 Å². The Morgan fingerprint density at radius 2 is 2.15 bits per heavy atom. The molecule has 2 rings (SSSR count). The fraction of sp³-hybridized carbons (Fsp3) is 0.429. The highest BCUT2D eigenvalue weighted by Crippen LogP contribution is 2.29. The molecular formula is C14H17ClN2O3. The van der Waals surface area contributed by atoms with E-state index >= 15 is 0 Å². The summed E-state index contributed by atoms with van der Waals surface area (Å²) in [6, 6.07) is 4.67. The van der Waals surface area contributed by atoms with E-state index in [1.54, 1.807) is 17.0 Å². The summed E-state index contributed by atoms with van der Waals surface area (Å²) < 4.78 is 0. The van der Waals surface area contributed by atoms with Gasteiger partial charge in [0.15, 0.2) is 0 Å². The van der Waals surface area contributed by atoms with Gasteiger partial charge in [-0.15, -0.1) is 0 Å². The van der Waals surface area contributed by atoms with Crippen LogP contribution in [0.25, 0.3) is 0 Å². The van der Waals surface area contributed by atoms with Crippen molar-refractivity contribution < 1.29 is 14.7 Å². The van der Waals surface area contributed by atoms with E-state index in [-0.39, 0.29) is 28.3 Å². The maximum Gasteiger partial charge on any atom is 0.339 e. The van der Waals surface area contributed by atoms with Gasteiger partial charge in [0.25, 0.3) is 0 Å². The molecule has 1 aliphatic carbocycles. The van der Waals surface area contributed by atoms with Gasteiger partial charge >= 0.3 is 12.0 Å². The molecule has 0 aromatic heterocycles. The van der Waals surface area contributed by atoms with E-state index in [0.29, 0.717) is 6.54 Å². The van der Waals surface area contributed by atoms with Crippen LogP contribution in [0, 0.1) is 0 Å². The number of anilines is 1. The lowest BCUT2D eigenvalue weighted by Crippen LogP contribution is -2.37. The van der Waals surface area contributed by atoms with Crippen LogP contribution in [0.15, 0.2) is 18.2 Å².